The first-order valence-electron chi connectivity index (χ1n) is 9.04. The fraction of sp³-hybridized carbons (Fsp3) is 0.143. The molecule has 8 heteroatoms. The summed E-state index contributed by atoms with van der Waals surface area (Å²) in [4.78, 5) is 38.8. The van der Waals surface area contributed by atoms with Gasteiger partial charge in [-0.05, 0) is 48.4 Å². The fourth-order valence-corrected chi connectivity index (χ4v) is 3.23. The van der Waals surface area contributed by atoms with Gasteiger partial charge in [0.1, 0.15) is 18.1 Å². The second-order valence-corrected chi connectivity index (χ2v) is 6.61. The van der Waals surface area contributed by atoms with Crippen LogP contribution in [0.1, 0.15) is 16.1 Å². The molecule has 1 N–H and O–H groups in total. The lowest BCUT2D eigenvalue weighted by Gasteiger charge is -2.17. The summed E-state index contributed by atoms with van der Waals surface area (Å²) in [6, 6.07) is 15.4. The number of carbonyl (C=O) groups is 2. The Kier molecular flexibility index (Phi) is 4.90. The largest absolute Gasteiger partial charge is 0.324 e. The number of carbonyl (C=O) groups excluding carboxylic acids is 2. The number of hydrogen-bond donors (Lipinski definition) is 1. The number of halogens is 1. The Morgan fingerprint density at radius 1 is 1.03 bits per heavy atom. The third-order valence-electron chi connectivity index (χ3n) is 4.64. The number of anilines is 2. The molecular formula is C21H17FN4O3. The standard InChI is InChI=1S/C21H17FN4O3/c22-15-5-7-16(8-6-15)23-19(27)13-26-20(28)10-9-17(24-26)21(29)25-12-11-14-3-1-2-4-18(14)25/h1-10H,11-13H2,(H,23,27). The number of nitrogens with one attached hydrogen (secondary N) is 1. The van der Waals surface area contributed by atoms with Crippen LogP contribution in [0.3, 0.4) is 0 Å². The number of aromatic nitrogens is 2. The zero-order valence-corrected chi connectivity index (χ0v) is 15.3. The third-order valence-corrected chi connectivity index (χ3v) is 4.64. The predicted molar refractivity (Wildman–Crippen MR) is 105 cm³/mol. The summed E-state index contributed by atoms with van der Waals surface area (Å²) in [5.41, 5.74) is 1.87. The van der Waals surface area contributed by atoms with Crippen molar-refractivity contribution in [3.8, 4) is 0 Å². The lowest BCUT2D eigenvalue weighted by atomic mass is 10.2. The summed E-state index contributed by atoms with van der Waals surface area (Å²) < 4.78 is 13.9. The van der Waals surface area contributed by atoms with E-state index in [0.29, 0.717) is 12.2 Å². The lowest BCUT2D eigenvalue weighted by Crippen LogP contribution is -2.34. The predicted octanol–water partition coefficient (Wildman–Crippen LogP) is 2.22. The molecule has 0 bridgehead atoms. The zero-order valence-electron chi connectivity index (χ0n) is 15.3. The second-order valence-electron chi connectivity index (χ2n) is 6.61. The number of amides is 2. The van der Waals surface area contributed by atoms with Crippen molar-refractivity contribution < 1.29 is 14.0 Å². The van der Waals surface area contributed by atoms with Crippen molar-refractivity contribution in [3.05, 3.63) is 88.1 Å². The molecule has 2 amide bonds. The van der Waals surface area contributed by atoms with Gasteiger partial charge in [0.05, 0.1) is 0 Å². The highest BCUT2D eigenvalue weighted by molar-refractivity contribution is 6.05. The second kappa shape index (κ2) is 7.67. The summed E-state index contributed by atoms with van der Waals surface area (Å²) in [7, 11) is 0. The van der Waals surface area contributed by atoms with Crippen LogP contribution in [0.25, 0.3) is 0 Å². The van der Waals surface area contributed by atoms with Crippen molar-refractivity contribution in [1.29, 1.82) is 0 Å². The first-order chi connectivity index (χ1) is 14.0. The molecule has 2 aromatic carbocycles. The number of fused-ring (bicyclic) bond motifs is 1. The lowest BCUT2D eigenvalue weighted by molar-refractivity contribution is -0.117. The molecule has 0 spiro atoms. The number of nitrogens with zero attached hydrogens (tertiary/aromatic N) is 3. The quantitative estimate of drug-likeness (QED) is 0.738. The topological polar surface area (TPSA) is 84.3 Å². The van der Waals surface area contributed by atoms with Gasteiger partial charge in [-0.3, -0.25) is 14.4 Å². The summed E-state index contributed by atoms with van der Waals surface area (Å²) >= 11 is 0. The molecule has 29 heavy (non-hydrogen) atoms. The molecule has 0 fully saturated rings. The summed E-state index contributed by atoms with van der Waals surface area (Å²) in [6.07, 6.45) is 0.752. The summed E-state index contributed by atoms with van der Waals surface area (Å²) in [5.74, 6) is -1.26. The van der Waals surface area contributed by atoms with E-state index in [1.54, 1.807) is 4.90 Å². The van der Waals surface area contributed by atoms with Crippen molar-refractivity contribution in [2.45, 2.75) is 13.0 Å². The van der Waals surface area contributed by atoms with E-state index in [2.05, 4.69) is 10.4 Å². The molecule has 0 unspecified atom stereocenters. The minimum atomic E-state index is -0.512. The Morgan fingerprint density at radius 2 is 1.79 bits per heavy atom. The van der Waals surface area contributed by atoms with E-state index in [9.17, 15) is 18.8 Å². The number of rotatable bonds is 4. The molecule has 1 aliphatic rings. The van der Waals surface area contributed by atoms with Crippen LogP contribution in [0.2, 0.25) is 0 Å². The van der Waals surface area contributed by atoms with Crippen molar-refractivity contribution in [2.24, 2.45) is 0 Å². The van der Waals surface area contributed by atoms with Crippen LogP contribution in [-0.2, 0) is 17.8 Å². The maximum atomic E-state index is 13.0. The Balaban J connectivity index is 1.52. The van der Waals surface area contributed by atoms with E-state index in [-0.39, 0.29) is 18.1 Å². The summed E-state index contributed by atoms with van der Waals surface area (Å²) in [6.45, 7) is 0.165. The van der Waals surface area contributed by atoms with Crippen molar-refractivity contribution >= 4 is 23.2 Å². The van der Waals surface area contributed by atoms with E-state index in [0.717, 1.165) is 22.4 Å². The fourth-order valence-electron chi connectivity index (χ4n) is 3.23. The van der Waals surface area contributed by atoms with Gasteiger partial charge in [-0.1, -0.05) is 18.2 Å². The average Bonchev–Trinajstić information content (AvgIpc) is 3.15. The van der Waals surface area contributed by atoms with E-state index < -0.39 is 17.3 Å². The van der Waals surface area contributed by atoms with Crippen molar-refractivity contribution in [2.75, 3.05) is 16.8 Å². The average molecular weight is 392 g/mol. The van der Waals surface area contributed by atoms with Crippen molar-refractivity contribution in [1.82, 2.24) is 9.78 Å². The Labute approximate surface area is 165 Å². The first kappa shape index (κ1) is 18.5. The third kappa shape index (κ3) is 3.91. The van der Waals surface area contributed by atoms with Gasteiger partial charge in [0.25, 0.3) is 11.5 Å². The molecule has 4 rings (SSSR count). The van der Waals surface area contributed by atoms with Crippen LogP contribution >= 0.6 is 0 Å². The molecule has 0 saturated heterocycles. The van der Waals surface area contributed by atoms with Crippen molar-refractivity contribution in [3.63, 3.8) is 0 Å². The number of para-hydroxylation sites is 1. The number of benzene rings is 2. The van der Waals surface area contributed by atoms with Gasteiger partial charge in [-0.15, -0.1) is 0 Å². The van der Waals surface area contributed by atoms with E-state index >= 15 is 0 Å². The molecule has 3 aromatic rings. The molecule has 0 radical (unpaired) electrons. The monoisotopic (exact) mass is 392 g/mol. The van der Waals surface area contributed by atoms with E-state index in [1.165, 1.54) is 36.4 Å². The van der Waals surface area contributed by atoms with E-state index in [4.69, 9.17) is 0 Å². The molecule has 1 aromatic heterocycles. The highest BCUT2D eigenvalue weighted by atomic mass is 19.1. The molecule has 0 aliphatic carbocycles. The van der Waals surface area contributed by atoms with Gasteiger partial charge in [0.2, 0.25) is 5.91 Å². The highest BCUT2D eigenvalue weighted by Crippen LogP contribution is 2.28. The van der Waals surface area contributed by atoms with Gasteiger partial charge in [-0.25, -0.2) is 9.07 Å². The molecule has 2 heterocycles. The Bertz CT molecular complexity index is 1140. The van der Waals surface area contributed by atoms with E-state index in [1.807, 2.05) is 24.3 Å². The highest BCUT2D eigenvalue weighted by Gasteiger charge is 2.26. The zero-order chi connectivity index (χ0) is 20.4. The first-order valence-corrected chi connectivity index (χ1v) is 9.04. The maximum absolute atomic E-state index is 13.0. The smallest absolute Gasteiger partial charge is 0.278 e. The minimum absolute atomic E-state index is 0.0795. The van der Waals surface area contributed by atoms with Crippen LogP contribution < -0.4 is 15.8 Å². The minimum Gasteiger partial charge on any atom is -0.324 e. The maximum Gasteiger partial charge on any atom is 0.278 e. The van der Waals surface area contributed by atoms with Crippen LogP contribution in [-0.4, -0.2) is 28.1 Å². The van der Waals surface area contributed by atoms with Gasteiger partial charge >= 0.3 is 0 Å². The Morgan fingerprint density at radius 3 is 2.59 bits per heavy atom. The van der Waals surface area contributed by atoms with Gasteiger partial charge in [0.15, 0.2) is 0 Å². The van der Waals surface area contributed by atoms with Gasteiger partial charge < -0.3 is 10.2 Å². The normalized spacial score (nSPS) is 12.5. The molecule has 7 nitrogen and oxygen atoms in total. The molecular weight excluding hydrogens is 375 g/mol. The van der Waals surface area contributed by atoms with Crippen LogP contribution in [0.15, 0.2) is 65.5 Å². The van der Waals surface area contributed by atoms with Crippen LogP contribution in [0.5, 0.6) is 0 Å². The van der Waals surface area contributed by atoms with Crippen LogP contribution in [0.4, 0.5) is 15.8 Å². The molecule has 146 valence electrons. The molecule has 0 atom stereocenters. The summed E-state index contributed by atoms with van der Waals surface area (Å²) in [5, 5.41) is 6.64. The SMILES string of the molecule is O=C(Cn1nc(C(=O)N2CCc3ccccc32)ccc1=O)Nc1ccc(F)cc1. The molecule has 0 saturated carbocycles. The Hall–Kier alpha value is -3.81. The van der Waals surface area contributed by atoms with Gasteiger partial charge in [0, 0.05) is 24.0 Å². The number of hydrogen-bond acceptors (Lipinski definition) is 4. The molecule has 1 aliphatic heterocycles. The van der Waals surface area contributed by atoms with Crippen LogP contribution in [0, 0.1) is 5.82 Å². The van der Waals surface area contributed by atoms with Gasteiger partial charge in [-0.2, -0.15) is 5.10 Å².